The second-order valence-corrected chi connectivity index (χ2v) is 6.03. The summed E-state index contributed by atoms with van der Waals surface area (Å²) in [6.45, 7) is 6.17. The van der Waals surface area contributed by atoms with Crippen molar-refractivity contribution in [3.63, 3.8) is 0 Å². The molecule has 0 bridgehead atoms. The molecule has 1 aromatic carbocycles. The van der Waals surface area contributed by atoms with Crippen molar-refractivity contribution in [2.75, 3.05) is 18.0 Å². The molecule has 0 spiro atoms. The lowest BCUT2D eigenvalue weighted by molar-refractivity contribution is -0.115. The van der Waals surface area contributed by atoms with Gasteiger partial charge in [-0.3, -0.25) is 0 Å². The van der Waals surface area contributed by atoms with E-state index < -0.39 is 0 Å². The van der Waals surface area contributed by atoms with Gasteiger partial charge in [0.25, 0.3) is 0 Å². The van der Waals surface area contributed by atoms with Crippen molar-refractivity contribution in [2.45, 2.75) is 46.0 Å². The number of aryl methyl sites for hydroxylation is 1. The Morgan fingerprint density at radius 3 is 2.84 bits per heavy atom. The predicted octanol–water partition coefficient (Wildman–Crippen LogP) is 3.83. The smallest absolute Gasteiger partial charge is 0.127 e. The number of carbonyl (C=O) groups is 1. The number of carbonyl (C=O) groups excluding carboxylic acids is 1. The fourth-order valence-corrected chi connectivity index (χ4v) is 3.12. The molecule has 1 aliphatic heterocycles. The summed E-state index contributed by atoms with van der Waals surface area (Å²) in [4.78, 5) is 13.9. The maximum absolute atomic E-state index is 11.5. The summed E-state index contributed by atoms with van der Waals surface area (Å²) in [6.07, 6.45) is 6.82. The van der Waals surface area contributed by atoms with Crippen LogP contribution in [0.5, 0.6) is 0 Å². The zero-order chi connectivity index (χ0) is 13.7. The molecule has 1 unspecified atom stereocenters. The average Bonchev–Trinajstić information content (AvgIpc) is 2.62. The van der Waals surface area contributed by atoms with E-state index in [-0.39, 0.29) is 5.41 Å². The Balaban J connectivity index is 2.22. The van der Waals surface area contributed by atoms with Crippen molar-refractivity contribution in [3.05, 3.63) is 29.8 Å². The van der Waals surface area contributed by atoms with Crippen LogP contribution in [0.1, 0.15) is 45.1 Å². The van der Waals surface area contributed by atoms with Gasteiger partial charge in [0.2, 0.25) is 0 Å². The number of nitrogens with zero attached hydrogens (tertiary/aromatic N) is 1. The first kappa shape index (κ1) is 14.1. The van der Waals surface area contributed by atoms with Crippen molar-refractivity contribution in [1.82, 2.24) is 0 Å². The minimum Gasteiger partial charge on any atom is -0.370 e. The molecule has 0 saturated carbocycles. The molecule has 0 amide bonds. The van der Waals surface area contributed by atoms with Gasteiger partial charge in [-0.2, -0.15) is 0 Å². The lowest BCUT2D eigenvalue weighted by atomic mass is 9.86. The van der Waals surface area contributed by atoms with Gasteiger partial charge >= 0.3 is 0 Å². The van der Waals surface area contributed by atoms with E-state index in [1.54, 1.807) is 0 Å². The number of anilines is 1. The summed E-state index contributed by atoms with van der Waals surface area (Å²) in [5.41, 5.74) is 2.56. The summed E-state index contributed by atoms with van der Waals surface area (Å²) >= 11 is 0. The van der Waals surface area contributed by atoms with Crippen LogP contribution < -0.4 is 4.90 Å². The molecule has 1 heterocycles. The molecule has 1 aromatic rings. The minimum atomic E-state index is -0.216. The van der Waals surface area contributed by atoms with Crippen LogP contribution in [0.3, 0.4) is 0 Å². The Kier molecular flexibility index (Phi) is 4.62. The van der Waals surface area contributed by atoms with Crippen LogP contribution >= 0.6 is 0 Å². The third kappa shape index (κ3) is 3.37. The highest BCUT2D eigenvalue weighted by molar-refractivity contribution is 5.62. The lowest BCUT2D eigenvalue weighted by Gasteiger charge is -2.33. The third-order valence-electron chi connectivity index (χ3n) is 4.11. The van der Waals surface area contributed by atoms with Gasteiger partial charge in [0.05, 0.1) is 0 Å². The molecule has 19 heavy (non-hydrogen) atoms. The quantitative estimate of drug-likeness (QED) is 0.749. The van der Waals surface area contributed by atoms with Crippen LogP contribution in [-0.4, -0.2) is 19.4 Å². The van der Waals surface area contributed by atoms with Gasteiger partial charge in [-0.25, -0.2) is 0 Å². The largest absolute Gasteiger partial charge is 0.370 e. The number of aldehydes is 1. The van der Waals surface area contributed by atoms with E-state index in [4.69, 9.17) is 0 Å². The van der Waals surface area contributed by atoms with Crippen LogP contribution in [0.15, 0.2) is 24.3 Å². The fourth-order valence-electron chi connectivity index (χ4n) is 3.12. The molecule has 0 aliphatic carbocycles. The van der Waals surface area contributed by atoms with Crippen LogP contribution in [-0.2, 0) is 11.2 Å². The minimum absolute atomic E-state index is 0.216. The Bertz CT molecular complexity index is 429. The number of para-hydroxylation sites is 1. The molecule has 2 heteroatoms. The number of rotatable bonds is 5. The maximum Gasteiger partial charge on any atom is 0.127 e. The van der Waals surface area contributed by atoms with Crippen molar-refractivity contribution in [1.29, 1.82) is 0 Å². The van der Waals surface area contributed by atoms with E-state index >= 15 is 0 Å². The standard InChI is InChI=1S/C17H25NO/c1-3-11-17(2,14-19)13-18-12-7-6-9-15-8-4-5-10-16(15)18/h4-5,8,10,14H,3,6-7,9,11-13H2,1-2H3. The summed E-state index contributed by atoms with van der Waals surface area (Å²) in [6, 6.07) is 8.66. The van der Waals surface area contributed by atoms with E-state index in [0.29, 0.717) is 0 Å². The highest BCUT2D eigenvalue weighted by atomic mass is 16.1. The van der Waals surface area contributed by atoms with Crippen molar-refractivity contribution in [3.8, 4) is 0 Å². The highest BCUT2D eigenvalue weighted by Gasteiger charge is 2.27. The van der Waals surface area contributed by atoms with Gasteiger partial charge in [-0.15, -0.1) is 0 Å². The SMILES string of the molecule is CCCC(C)(C=O)CN1CCCCc2ccccc21. The molecule has 104 valence electrons. The number of benzene rings is 1. The monoisotopic (exact) mass is 259 g/mol. The molecule has 2 rings (SSSR count). The van der Waals surface area contributed by atoms with Gasteiger partial charge in [-0.1, -0.05) is 38.5 Å². The van der Waals surface area contributed by atoms with Gasteiger partial charge < -0.3 is 9.69 Å². The van der Waals surface area contributed by atoms with E-state index in [2.05, 4.69) is 43.0 Å². The summed E-state index contributed by atoms with van der Waals surface area (Å²) in [5, 5.41) is 0. The topological polar surface area (TPSA) is 20.3 Å². The molecule has 1 aliphatic rings. The van der Waals surface area contributed by atoms with E-state index in [9.17, 15) is 4.79 Å². The van der Waals surface area contributed by atoms with E-state index in [1.165, 1.54) is 24.1 Å². The van der Waals surface area contributed by atoms with Gasteiger partial charge in [0.15, 0.2) is 0 Å². The average molecular weight is 259 g/mol. The molecule has 0 aromatic heterocycles. The number of fused-ring (bicyclic) bond motifs is 1. The first-order valence-electron chi connectivity index (χ1n) is 7.48. The van der Waals surface area contributed by atoms with Gasteiger partial charge in [0, 0.05) is 24.2 Å². The highest BCUT2D eigenvalue weighted by Crippen LogP contribution is 2.30. The third-order valence-corrected chi connectivity index (χ3v) is 4.11. The van der Waals surface area contributed by atoms with Crippen molar-refractivity contribution < 1.29 is 4.79 Å². The normalized spacial score (nSPS) is 18.3. The van der Waals surface area contributed by atoms with Gasteiger partial charge in [0.1, 0.15) is 6.29 Å². The van der Waals surface area contributed by atoms with Crippen molar-refractivity contribution >= 4 is 12.0 Å². The molecule has 1 atom stereocenters. The summed E-state index contributed by atoms with van der Waals surface area (Å²) in [5.74, 6) is 0. The van der Waals surface area contributed by atoms with Crippen LogP contribution in [0, 0.1) is 5.41 Å². The number of hydrogen-bond donors (Lipinski definition) is 0. The fraction of sp³-hybridized carbons (Fsp3) is 0.588. The first-order valence-corrected chi connectivity index (χ1v) is 7.48. The summed E-state index contributed by atoms with van der Waals surface area (Å²) in [7, 11) is 0. The van der Waals surface area contributed by atoms with Crippen LogP contribution in [0.2, 0.25) is 0 Å². The molecule has 0 fully saturated rings. The molecular weight excluding hydrogens is 234 g/mol. The summed E-state index contributed by atoms with van der Waals surface area (Å²) < 4.78 is 0. The van der Waals surface area contributed by atoms with Crippen LogP contribution in [0.25, 0.3) is 0 Å². The molecule has 0 N–H and O–H groups in total. The Morgan fingerprint density at radius 1 is 1.32 bits per heavy atom. The molecular formula is C17H25NO. The molecule has 2 nitrogen and oxygen atoms in total. The Morgan fingerprint density at radius 2 is 2.11 bits per heavy atom. The first-order chi connectivity index (χ1) is 9.18. The maximum atomic E-state index is 11.5. The predicted molar refractivity (Wildman–Crippen MR) is 80.7 cm³/mol. The van der Waals surface area contributed by atoms with E-state index in [0.717, 1.165) is 38.6 Å². The van der Waals surface area contributed by atoms with Crippen molar-refractivity contribution in [2.24, 2.45) is 5.41 Å². The zero-order valence-corrected chi connectivity index (χ0v) is 12.2. The molecule has 0 radical (unpaired) electrons. The lowest BCUT2D eigenvalue weighted by Crippen LogP contribution is -2.37. The second kappa shape index (κ2) is 6.23. The molecule has 0 saturated heterocycles. The Hall–Kier alpha value is -1.31. The number of hydrogen-bond acceptors (Lipinski definition) is 2. The second-order valence-electron chi connectivity index (χ2n) is 6.03. The zero-order valence-electron chi connectivity index (χ0n) is 12.2. The van der Waals surface area contributed by atoms with E-state index in [1.807, 2.05) is 0 Å². The Labute approximate surface area is 116 Å². The van der Waals surface area contributed by atoms with Gasteiger partial charge in [-0.05, 0) is 37.3 Å². The van der Waals surface area contributed by atoms with Crippen LogP contribution in [0.4, 0.5) is 5.69 Å².